The van der Waals surface area contributed by atoms with Crippen LogP contribution in [0.4, 0.5) is 0 Å². The van der Waals surface area contributed by atoms with E-state index in [0.717, 1.165) is 18.4 Å². The Hall–Kier alpha value is -3.05. The number of likely N-dealkylation sites (tertiary alicyclic amines) is 1. The van der Waals surface area contributed by atoms with Crippen molar-refractivity contribution in [3.63, 3.8) is 0 Å². The predicted octanol–water partition coefficient (Wildman–Crippen LogP) is 3.39. The fourth-order valence-electron chi connectivity index (χ4n) is 4.27. The molecule has 2 amide bonds. The van der Waals surface area contributed by atoms with Gasteiger partial charge in [0.05, 0.1) is 0 Å². The summed E-state index contributed by atoms with van der Waals surface area (Å²) in [5.41, 5.74) is 10.0. The maximum absolute atomic E-state index is 13.3. The van der Waals surface area contributed by atoms with Gasteiger partial charge in [0.1, 0.15) is 12.1 Å². The van der Waals surface area contributed by atoms with E-state index in [1.807, 2.05) is 42.5 Å². The molecular formula is C22H27N5O2. The number of likely N-dealkylation sites (N-methyl/N-ethyl adjacent to an activating group) is 1. The molecule has 4 atom stereocenters. The lowest BCUT2D eigenvalue weighted by Gasteiger charge is -2.31. The summed E-state index contributed by atoms with van der Waals surface area (Å²) >= 11 is 0. The highest BCUT2D eigenvalue weighted by molar-refractivity contribution is 5.90. The first-order chi connectivity index (χ1) is 14.1. The van der Waals surface area contributed by atoms with Gasteiger partial charge in [-0.15, -0.1) is 0 Å². The Balaban J connectivity index is 1.87. The zero-order valence-corrected chi connectivity index (χ0v) is 16.6. The van der Waals surface area contributed by atoms with Crippen LogP contribution in [0, 0.1) is 11.8 Å². The smallest absolute Gasteiger partial charge is 0.242 e. The Bertz CT molecular complexity index is 829. The van der Waals surface area contributed by atoms with E-state index >= 15 is 0 Å². The second-order valence-corrected chi connectivity index (χ2v) is 7.57. The zero-order valence-electron chi connectivity index (χ0n) is 16.6. The van der Waals surface area contributed by atoms with Gasteiger partial charge in [0.15, 0.2) is 0 Å². The van der Waals surface area contributed by atoms with Crippen molar-refractivity contribution in [1.82, 2.24) is 10.2 Å². The van der Waals surface area contributed by atoms with E-state index < -0.39 is 12.1 Å². The fourth-order valence-corrected chi connectivity index (χ4v) is 4.27. The third-order valence-corrected chi connectivity index (χ3v) is 5.84. The fraction of sp³-hybridized carbons (Fsp3) is 0.455. The van der Waals surface area contributed by atoms with Crippen molar-refractivity contribution in [2.75, 3.05) is 13.6 Å². The molecule has 7 heteroatoms. The molecule has 2 aliphatic rings. The van der Waals surface area contributed by atoms with Gasteiger partial charge in [-0.3, -0.25) is 9.59 Å². The number of rotatable bonds is 6. The summed E-state index contributed by atoms with van der Waals surface area (Å²) in [5.74, 6) is 0.0745. The van der Waals surface area contributed by atoms with Gasteiger partial charge in [-0.2, -0.15) is 0 Å². The topological polar surface area (TPSA) is 98.2 Å². The van der Waals surface area contributed by atoms with E-state index in [2.05, 4.69) is 27.5 Å². The number of carbonyl (C=O) groups is 2. The van der Waals surface area contributed by atoms with Crippen LogP contribution in [-0.4, -0.2) is 42.4 Å². The number of azide groups is 1. The Morgan fingerprint density at radius 1 is 1.34 bits per heavy atom. The van der Waals surface area contributed by atoms with E-state index in [9.17, 15) is 9.59 Å². The molecule has 1 fully saturated rings. The lowest BCUT2D eigenvalue weighted by atomic mass is 9.81. The highest BCUT2D eigenvalue weighted by Gasteiger charge is 2.38. The van der Waals surface area contributed by atoms with Gasteiger partial charge in [-0.05, 0) is 42.2 Å². The molecule has 1 saturated heterocycles. The van der Waals surface area contributed by atoms with E-state index in [1.165, 1.54) is 0 Å². The largest absolute Gasteiger partial charge is 0.357 e. The second kappa shape index (κ2) is 9.94. The number of hydrogen-bond donors (Lipinski definition) is 1. The molecule has 7 nitrogen and oxygen atoms in total. The summed E-state index contributed by atoms with van der Waals surface area (Å²) in [6.45, 7) is 0.472. The van der Waals surface area contributed by atoms with Crippen molar-refractivity contribution in [2.45, 2.75) is 37.8 Å². The zero-order chi connectivity index (χ0) is 20.6. The molecule has 29 heavy (non-hydrogen) atoms. The minimum atomic E-state index is -0.783. The standard InChI is InChI=1S/C22H27N5O2/c1-24-21(28)20(14-16-8-4-2-5-9-16)27-13-12-18(17-10-6-3-7-11-17)15-19(22(27)29)25-26-23/h2-10,17-20H,11-15H2,1H3,(H,24,28)/t17?,18-,19+,20+/m1/s1. The van der Waals surface area contributed by atoms with Gasteiger partial charge in [0, 0.05) is 24.9 Å². The van der Waals surface area contributed by atoms with Crippen molar-refractivity contribution in [3.05, 3.63) is 70.6 Å². The van der Waals surface area contributed by atoms with Gasteiger partial charge < -0.3 is 10.2 Å². The van der Waals surface area contributed by atoms with Gasteiger partial charge in [0.2, 0.25) is 11.8 Å². The highest BCUT2D eigenvalue weighted by atomic mass is 16.2. The average molecular weight is 393 g/mol. The first kappa shape index (κ1) is 20.7. The number of carbonyl (C=O) groups excluding carboxylic acids is 2. The number of nitrogens with zero attached hydrogens (tertiary/aromatic N) is 4. The maximum atomic E-state index is 13.3. The van der Waals surface area contributed by atoms with E-state index in [-0.39, 0.29) is 17.7 Å². The van der Waals surface area contributed by atoms with Gasteiger partial charge in [-0.25, -0.2) is 0 Å². The minimum absolute atomic E-state index is 0.208. The van der Waals surface area contributed by atoms with Crippen molar-refractivity contribution in [3.8, 4) is 0 Å². The number of amides is 2. The van der Waals surface area contributed by atoms with Crippen LogP contribution in [0.5, 0.6) is 0 Å². The third-order valence-electron chi connectivity index (χ3n) is 5.84. The molecule has 1 aliphatic carbocycles. The lowest BCUT2D eigenvalue weighted by molar-refractivity contribution is -0.140. The Morgan fingerprint density at radius 2 is 2.14 bits per heavy atom. The molecule has 1 aliphatic heterocycles. The molecule has 1 heterocycles. The summed E-state index contributed by atoms with van der Waals surface area (Å²) in [5, 5.41) is 6.50. The molecule has 152 valence electrons. The maximum Gasteiger partial charge on any atom is 0.242 e. The molecule has 1 aromatic carbocycles. The highest BCUT2D eigenvalue weighted by Crippen LogP contribution is 2.33. The second-order valence-electron chi connectivity index (χ2n) is 7.57. The molecule has 1 unspecified atom stereocenters. The summed E-state index contributed by atoms with van der Waals surface area (Å²) in [6, 6.07) is 8.24. The number of nitrogens with one attached hydrogen (secondary N) is 1. The normalized spacial score (nSPS) is 25.1. The SMILES string of the molecule is CNC(=O)[C@H](Cc1ccccc1)N1CC[C@@H](C2C=CC=CC2)C[C@H](N=[N+]=[N-])C1=O. The predicted molar refractivity (Wildman–Crippen MR) is 112 cm³/mol. The number of allylic oxidation sites excluding steroid dienone is 4. The number of benzene rings is 1. The Morgan fingerprint density at radius 3 is 2.79 bits per heavy atom. The molecule has 0 aromatic heterocycles. The Kier molecular flexibility index (Phi) is 7.09. The van der Waals surface area contributed by atoms with E-state index in [4.69, 9.17) is 5.53 Å². The molecule has 0 bridgehead atoms. The van der Waals surface area contributed by atoms with Crippen LogP contribution < -0.4 is 5.32 Å². The van der Waals surface area contributed by atoms with Crippen LogP contribution in [-0.2, 0) is 16.0 Å². The van der Waals surface area contributed by atoms with Crippen molar-refractivity contribution in [2.24, 2.45) is 17.0 Å². The van der Waals surface area contributed by atoms with Crippen LogP contribution in [0.2, 0.25) is 0 Å². The van der Waals surface area contributed by atoms with E-state index in [0.29, 0.717) is 25.3 Å². The van der Waals surface area contributed by atoms with E-state index in [1.54, 1.807) is 11.9 Å². The van der Waals surface area contributed by atoms with Crippen LogP contribution in [0.3, 0.4) is 0 Å². The van der Waals surface area contributed by atoms with Crippen LogP contribution >= 0.6 is 0 Å². The first-order valence-corrected chi connectivity index (χ1v) is 10.1. The third kappa shape index (κ3) is 5.06. The van der Waals surface area contributed by atoms with Gasteiger partial charge >= 0.3 is 0 Å². The monoisotopic (exact) mass is 393 g/mol. The van der Waals surface area contributed by atoms with Crippen LogP contribution in [0.15, 0.2) is 59.8 Å². The van der Waals surface area contributed by atoms with Crippen molar-refractivity contribution in [1.29, 1.82) is 0 Å². The molecule has 0 spiro atoms. The first-order valence-electron chi connectivity index (χ1n) is 10.1. The van der Waals surface area contributed by atoms with Gasteiger partial charge in [0.25, 0.3) is 0 Å². The molecule has 1 aromatic rings. The molecule has 3 rings (SSSR count). The summed E-state index contributed by atoms with van der Waals surface area (Å²) in [6.07, 6.45) is 11.0. The summed E-state index contributed by atoms with van der Waals surface area (Å²) in [7, 11) is 1.58. The summed E-state index contributed by atoms with van der Waals surface area (Å²) in [4.78, 5) is 30.5. The van der Waals surface area contributed by atoms with Crippen LogP contribution in [0.25, 0.3) is 10.4 Å². The summed E-state index contributed by atoms with van der Waals surface area (Å²) < 4.78 is 0. The minimum Gasteiger partial charge on any atom is -0.357 e. The molecule has 0 saturated carbocycles. The number of hydrogen-bond acceptors (Lipinski definition) is 3. The average Bonchev–Trinajstić information content (AvgIpc) is 2.92. The molecule has 0 radical (unpaired) electrons. The quantitative estimate of drug-likeness (QED) is 0.455. The van der Waals surface area contributed by atoms with Crippen molar-refractivity contribution < 1.29 is 9.59 Å². The Labute approximate surface area is 171 Å². The van der Waals surface area contributed by atoms with Gasteiger partial charge in [-0.1, -0.05) is 59.8 Å². The molecule has 1 N–H and O–H groups in total. The van der Waals surface area contributed by atoms with Crippen LogP contribution in [0.1, 0.15) is 24.8 Å². The molecular weight excluding hydrogens is 366 g/mol. The van der Waals surface area contributed by atoms with Crippen molar-refractivity contribution >= 4 is 11.8 Å². The lowest BCUT2D eigenvalue weighted by Crippen LogP contribution is -2.52.